The number of nitrogen functional groups attached to an aromatic ring is 1. The molecule has 0 aromatic carbocycles. The summed E-state index contributed by atoms with van der Waals surface area (Å²) < 4.78 is 0. The third-order valence-corrected chi connectivity index (χ3v) is 6.16. The predicted molar refractivity (Wildman–Crippen MR) is 94.2 cm³/mol. The molecule has 2 bridgehead atoms. The van der Waals surface area contributed by atoms with E-state index in [9.17, 15) is 0 Å². The summed E-state index contributed by atoms with van der Waals surface area (Å²) in [4.78, 5) is 13.9. The van der Waals surface area contributed by atoms with Gasteiger partial charge in [0.25, 0.3) is 0 Å². The first-order chi connectivity index (χ1) is 11.8. The molecule has 4 unspecified atom stereocenters. The van der Waals surface area contributed by atoms with Gasteiger partial charge in [-0.1, -0.05) is 18.2 Å². The highest BCUT2D eigenvalue weighted by molar-refractivity contribution is 5.62. The SMILES string of the molecule is Nc1nc(-c2ccccn2)c2c(n1)C1C3C=CC(CC3)C1CCC2. The lowest BCUT2D eigenvalue weighted by molar-refractivity contribution is 0.169. The molecule has 6 rings (SSSR count). The average molecular weight is 318 g/mol. The van der Waals surface area contributed by atoms with E-state index in [0.717, 1.165) is 29.6 Å². The fraction of sp³-hybridized carbons (Fsp3) is 0.450. The number of hydrogen-bond acceptors (Lipinski definition) is 4. The molecule has 0 saturated heterocycles. The summed E-state index contributed by atoms with van der Waals surface area (Å²) in [6.45, 7) is 0. The Morgan fingerprint density at radius 3 is 2.67 bits per heavy atom. The van der Waals surface area contributed by atoms with Crippen LogP contribution in [0.25, 0.3) is 11.4 Å². The van der Waals surface area contributed by atoms with Crippen molar-refractivity contribution in [2.45, 2.75) is 38.0 Å². The van der Waals surface area contributed by atoms with Crippen molar-refractivity contribution in [1.29, 1.82) is 0 Å². The molecular formula is C20H22N4. The van der Waals surface area contributed by atoms with E-state index in [1.165, 1.54) is 36.9 Å². The molecule has 4 aliphatic rings. The normalized spacial score (nSPS) is 30.5. The predicted octanol–water partition coefficient (Wildman–Crippen LogP) is 3.75. The van der Waals surface area contributed by atoms with Crippen molar-refractivity contribution in [3.8, 4) is 11.4 Å². The fourth-order valence-electron chi connectivity index (χ4n) is 5.17. The zero-order valence-corrected chi connectivity index (χ0v) is 13.7. The van der Waals surface area contributed by atoms with Gasteiger partial charge in [-0.15, -0.1) is 0 Å². The number of aromatic nitrogens is 3. The van der Waals surface area contributed by atoms with Gasteiger partial charge >= 0.3 is 0 Å². The number of fused-ring (bicyclic) bond motifs is 2. The lowest BCUT2D eigenvalue weighted by Gasteiger charge is -2.44. The summed E-state index contributed by atoms with van der Waals surface area (Å²) in [6.07, 6.45) is 12.9. The molecule has 24 heavy (non-hydrogen) atoms. The van der Waals surface area contributed by atoms with Crippen LogP contribution in [0.3, 0.4) is 0 Å². The summed E-state index contributed by atoms with van der Waals surface area (Å²) in [5, 5.41) is 0. The average Bonchev–Trinajstić information content (AvgIpc) is 2.84. The Kier molecular flexibility index (Phi) is 3.18. The quantitative estimate of drug-likeness (QED) is 0.813. The van der Waals surface area contributed by atoms with Crippen LogP contribution in [-0.2, 0) is 6.42 Å². The van der Waals surface area contributed by atoms with Crippen LogP contribution in [0, 0.1) is 17.8 Å². The molecule has 4 aliphatic carbocycles. The molecule has 0 spiro atoms. The van der Waals surface area contributed by atoms with Gasteiger partial charge in [-0.3, -0.25) is 4.98 Å². The summed E-state index contributed by atoms with van der Waals surface area (Å²) in [7, 11) is 0. The first kappa shape index (κ1) is 14.1. The monoisotopic (exact) mass is 318 g/mol. The van der Waals surface area contributed by atoms with E-state index in [2.05, 4.69) is 22.1 Å². The summed E-state index contributed by atoms with van der Waals surface area (Å²) in [5.41, 5.74) is 10.5. The van der Waals surface area contributed by atoms with E-state index in [-0.39, 0.29) is 0 Å². The minimum Gasteiger partial charge on any atom is -0.368 e. The van der Waals surface area contributed by atoms with Crippen molar-refractivity contribution < 1.29 is 0 Å². The lowest BCUT2D eigenvalue weighted by atomic mass is 9.60. The van der Waals surface area contributed by atoms with E-state index in [4.69, 9.17) is 10.7 Å². The zero-order valence-electron chi connectivity index (χ0n) is 13.7. The lowest BCUT2D eigenvalue weighted by Crippen LogP contribution is -2.35. The number of nitrogens with two attached hydrogens (primary N) is 1. The van der Waals surface area contributed by atoms with Crippen molar-refractivity contribution in [3.63, 3.8) is 0 Å². The molecule has 2 N–H and O–H groups in total. The Morgan fingerprint density at radius 2 is 1.88 bits per heavy atom. The Hall–Kier alpha value is -2.23. The van der Waals surface area contributed by atoms with E-state index in [1.54, 1.807) is 0 Å². The number of pyridine rings is 1. The van der Waals surface area contributed by atoms with Crippen molar-refractivity contribution in [3.05, 3.63) is 47.8 Å². The molecule has 0 amide bonds. The first-order valence-electron chi connectivity index (χ1n) is 9.07. The van der Waals surface area contributed by atoms with Crippen LogP contribution >= 0.6 is 0 Å². The Labute approximate surface area is 142 Å². The topological polar surface area (TPSA) is 64.7 Å². The smallest absolute Gasteiger partial charge is 0.220 e. The van der Waals surface area contributed by atoms with Gasteiger partial charge < -0.3 is 5.73 Å². The second-order valence-electron chi connectivity index (χ2n) is 7.38. The van der Waals surface area contributed by atoms with Crippen LogP contribution < -0.4 is 5.73 Å². The molecule has 4 heteroatoms. The van der Waals surface area contributed by atoms with Gasteiger partial charge in [0.1, 0.15) is 0 Å². The molecule has 2 aromatic rings. The van der Waals surface area contributed by atoms with Gasteiger partial charge in [0, 0.05) is 17.7 Å². The van der Waals surface area contributed by atoms with Crippen LogP contribution in [0.5, 0.6) is 0 Å². The molecule has 4 nitrogen and oxygen atoms in total. The van der Waals surface area contributed by atoms with Crippen LogP contribution in [0.2, 0.25) is 0 Å². The molecule has 0 aliphatic heterocycles. The number of hydrogen-bond donors (Lipinski definition) is 1. The number of anilines is 1. The fourth-order valence-corrected chi connectivity index (χ4v) is 5.17. The second kappa shape index (κ2) is 5.40. The molecule has 1 fully saturated rings. The maximum atomic E-state index is 6.12. The third kappa shape index (κ3) is 2.09. The minimum atomic E-state index is 0.389. The van der Waals surface area contributed by atoms with Crippen molar-refractivity contribution in [2.24, 2.45) is 17.8 Å². The zero-order chi connectivity index (χ0) is 16.1. The van der Waals surface area contributed by atoms with Crippen molar-refractivity contribution in [2.75, 3.05) is 5.73 Å². The van der Waals surface area contributed by atoms with Gasteiger partial charge in [0.05, 0.1) is 17.1 Å². The summed E-state index contributed by atoms with van der Waals surface area (Å²) >= 11 is 0. The van der Waals surface area contributed by atoms with Gasteiger partial charge in [-0.25, -0.2) is 9.97 Å². The van der Waals surface area contributed by atoms with E-state index < -0.39 is 0 Å². The molecule has 0 radical (unpaired) electrons. The van der Waals surface area contributed by atoms with Gasteiger partial charge in [0.2, 0.25) is 5.95 Å². The standard InChI is InChI=1S/C20H22N4/c21-20-23-18(16-6-1-2-11-22-16)15-5-3-4-14-12-7-9-13(10-8-12)17(14)19(15)24-20/h1-2,6-7,9,11-14,17H,3-5,8,10H2,(H2,21,23,24). The van der Waals surface area contributed by atoms with E-state index in [0.29, 0.717) is 17.8 Å². The highest BCUT2D eigenvalue weighted by atomic mass is 15.0. The van der Waals surface area contributed by atoms with Gasteiger partial charge in [-0.05, 0) is 62.0 Å². The van der Waals surface area contributed by atoms with Crippen LogP contribution in [0.15, 0.2) is 36.5 Å². The van der Waals surface area contributed by atoms with Crippen LogP contribution in [0.1, 0.15) is 42.9 Å². The summed E-state index contributed by atoms with van der Waals surface area (Å²) in [6, 6.07) is 5.98. The Morgan fingerprint density at radius 1 is 1.00 bits per heavy atom. The minimum absolute atomic E-state index is 0.389. The highest BCUT2D eigenvalue weighted by Gasteiger charge is 2.44. The first-order valence-corrected chi connectivity index (χ1v) is 9.07. The van der Waals surface area contributed by atoms with E-state index >= 15 is 0 Å². The number of nitrogens with zero attached hydrogens (tertiary/aromatic N) is 3. The molecular weight excluding hydrogens is 296 g/mol. The van der Waals surface area contributed by atoms with Gasteiger partial charge in [-0.2, -0.15) is 0 Å². The molecule has 122 valence electrons. The van der Waals surface area contributed by atoms with Crippen LogP contribution in [-0.4, -0.2) is 15.0 Å². The second-order valence-corrected chi connectivity index (χ2v) is 7.38. The van der Waals surface area contributed by atoms with Crippen molar-refractivity contribution in [1.82, 2.24) is 15.0 Å². The molecule has 2 heterocycles. The maximum absolute atomic E-state index is 6.12. The summed E-state index contributed by atoms with van der Waals surface area (Å²) in [5.74, 6) is 2.96. The van der Waals surface area contributed by atoms with E-state index in [1.807, 2.05) is 24.4 Å². The van der Waals surface area contributed by atoms with Crippen molar-refractivity contribution >= 4 is 5.95 Å². The largest absolute Gasteiger partial charge is 0.368 e. The molecule has 1 saturated carbocycles. The van der Waals surface area contributed by atoms with Crippen LogP contribution in [0.4, 0.5) is 5.95 Å². The maximum Gasteiger partial charge on any atom is 0.220 e. The van der Waals surface area contributed by atoms with Gasteiger partial charge in [0.15, 0.2) is 0 Å². The Balaban J connectivity index is 1.71. The number of allylic oxidation sites excluding steroid dienone is 2. The molecule has 2 aromatic heterocycles. The highest BCUT2D eigenvalue weighted by Crippen LogP contribution is 2.53. The third-order valence-electron chi connectivity index (χ3n) is 6.16. The number of rotatable bonds is 1. The Bertz CT molecular complexity index is 799. The molecule has 4 atom stereocenters.